The highest BCUT2D eigenvalue weighted by atomic mass is 16.2. The Labute approximate surface area is 89.9 Å². The maximum Gasteiger partial charge on any atom is 0.0489 e. The van der Waals surface area contributed by atoms with Gasteiger partial charge < -0.3 is 10.1 Å². The summed E-state index contributed by atoms with van der Waals surface area (Å²) in [6.45, 7) is 4.53. The van der Waals surface area contributed by atoms with Gasteiger partial charge in [-0.1, -0.05) is 12.1 Å². The van der Waals surface area contributed by atoms with Crippen molar-refractivity contribution in [1.82, 2.24) is 4.98 Å². The Bertz CT molecular complexity index is 471. The second-order valence-corrected chi connectivity index (χ2v) is 4.07. The van der Waals surface area contributed by atoms with Crippen LogP contribution in [-0.2, 0) is 6.42 Å². The van der Waals surface area contributed by atoms with Gasteiger partial charge in [0.1, 0.15) is 0 Å². The molecule has 0 atom stereocenters. The standard InChI is InChI=1S/C13H17NO/c1-9-5-6-12-11(4-3-7-15)8-14-13(12)10(9)2/h5-6,8,14-15H,3-4,7H2,1-2H3. The SMILES string of the molecule is Cc1ccc2c(CCCO)c[nH]c2c1C. The highest BCUT2D eigenvalue weighted by Crippen LogP contribution is 2.24. The molecule has 0 aliphatic carbocycles. The minimum absolute atomic E-state index is 0.261. The third-order valence-electron chi connectivity index (χ3n) is 3.08. The van der Waals surface area contributed by atoms with Gasteiger partial charge in [-0.05, 0) is 43.4 Å². The van der Waals surface area contributed by atoms with E-state index in [0.717, 1.165) is 12.8 Å². The van der Waals surface area contributed by atoms with E-state index in [1.165, 1.54) is 27.6 Å². The lowest BCUT2D eigenvalue weighted by Gasteiger charge is -2.02. The zero-order valence-electron chi connectivity index (χ0n) is 9.30. The van der Waals surface area contributed by atoms with Crippen molar-refractivity contribution < 1.29 is 5.11 Å². The quantitative estimate of drug-likeness (QED) is 0.790. The molecule has 15 heavy (non-hydrogen) atoms. The van der Waals surface area contributed by atoms with Crippen molar-refractivity contribution in [2.75, 3.05) is 6.61 Å². The van der Waals surface area contributed by atoms with Crippen LogP contribution in [0.4, 0.5) is 0 Å². The number of hydrogen-bond donors (Lipinski definition) is 2. The van der Waals surface area contributed by atoms with E-state index in [1.54, 1.807) is 0 Å². The van der Waals surface area contributed by atoms with Gasteiger partial charge >= 0.3 is 0 Å². The lowest BCUT2D eigenvalue weighted by atomic mass is 10.0. The van der Waals surface area contributed by atoms with Gasteiger partial charge in [-0.15, -0.1) is 0 Å². The number of aliphatic hydroxyl groups excluding tert-OH is 1. The van der Waals surface area contributed by atoms with Crippen molar-refractivity contribution >= 4 is 10.9 Å². The van der Waals surface area contributed by atoms with Crippen LogP contribution in [0.15, 0.2) is 18.3 Å². The topological polar surface area (TPSA) is 36.0 Å². The van der Waals surface area contributed by atoms with Gasteiger partial charge in [0, 0.05) is 23.7 Å². The number of nitrogens with one attached hydrogen (secondary N) is 1. The van der Waals surface area contributed by atoms with Gasteiger partial charge in [0.2, 0.25) is 0 Å². The average Bonchev–Trinajstić information content (AvgIpc) is 2.64. The van der Waals surface area contributed by atoms with Crippen molar-refractivity contribution in [1.29, 1.82) is 0 Å². The molecule has 1 aromatic heterocycles. The van der Waals surface area contributed by atoms with Crippen molar-refractivity contribution in [2.24, 2.45) is 0 Å². The van der Waals surface area contributed by atoms with Crippen LogP contribution in [0.2, 0.25) is 0 Å². The molecule has 0 radical (unpaired) electrons. The summed E-state index contributed by atoms with van der Waals surface area (Å²) in [5.41, 5.74) is 5.19. The lowest BCUT2D eigenvalue weighted by Crippen LogP contribution is -1.88. The van der Waals surface area contributed by atoms with Crippen LogP contribution in [-0.4, -0.2) is 16.7 Å². The summed E-state index contributed by atoms with van der Waals surface area (Å²) < 4.78 is 0. The Morgan fingerprint density at radius 3 is 2.80 bits per heavy atom. The van der Waals surface area contributed by atoms with Gasteiger partial charge in [-0.25, -0.2) is 0 Å². The molecule has 2 heteroatoms. The van der Waals surface area contributed by atoms with E-state index in [9.17, 15) is 0 Å². The first-order valence-corrected chi connectivity index (χ1v) is 5.41. The molecule has 2 aromatic rings. The number of aromatic amines is 1. The largest absolute Gasteiger partial charge is 0.396 e. The first kappa shape index (κ1) is 10.2. The third-order valence-corrected chi connectivity index (χ3v) is 3.08. The maximum atomic E-state index is 8.83. The van der Waals surface area contributed by atoms with Gasteiger partial charge in [0.05, 0.1) is 0 Å². The molecule has 0 saturated carbocycles. The summed E-state index contributed by atoms with van der Waals surface area (Å²) in [6, 6.07) is 4.33. The highest BCUT2D eigenvalue weighted by molar-refractivity contribution is 5.86. The fourth-order valence-corrected chi connectivity index (χ4v) is 1.98. The van der Waals surface area contributed by atoms with E-state index in [2.05, 4.69) is 37.2 Å². The number of aryl methyl sites for hydroxylation is 3. The molecular formula is C13H17NO. The number of rotatable bonds is 3. The summed E-state index contributed by atoms with van der Waals surface area (Å²) in [6.07, 6.45) is 3.84. The summed E-state index contributed by atoms with van der Waals surface area (Å²) in [5.74, 6) is 0. The first-order chi connectivity index (χ1) is 7.24. The predicted octanol–water partition coefficient (Wildman–Crippen LogP) is 2.71. The molecule has 1 heterocycles. The average molecular weight is 203 g/mol. The molecule has 80 valence electrons. The van der Waals surface area contributed by atoms with E-state index in [-0.39, 0.29) is 6.61 Å². The Morgan fingerprint density at radius 1 is 1.27 bits per heavy atom. The van der Waals surface area contributed by atoms with E-state index >= 15 is 0 Å². The van der Waals surface area contributed by atoms with E-state index in [1.807, 2.05) is 0 Å². The molecule has 0 spiro atoms. The van der Waals surface area contributed by atoms with Gasteiger partial charge in [0.25, 0.3) is 0 Å². The van der Waals surface area contributed by atoms with Gasteiger partial charge in [-0.3, -0.25) is 0 Å². The number of fused-ring (bicyclic) bond motifs is 1. The van der Waals surface area contributed by atoms with Crippen LogP contribution >= 0.6 is 0 Å². The van der Waals surface area contributed by atoms with E-state index in [4.69, 9.17) is 5.11 Å². The van der Waals surface area contributed by atoms with Crippen LogP contribution in [0.25, 0.3) is 10.9 Å². The zero-order chi connectivity index (χ0) is 10.8. The smallest absolute Gasteiger partial charge is 0.0489 e. The Kier molecular flexibility index (Phi) is 2.78. The van der Waals surface area contributed by atoms with Crippen molar-refractivity contribution in [3.63, 3.8) is 0 Å². The van der Waals surface area contributed by atoms with Crippen molar-refractivity contribution in [3.05, 3.63) is 35.0 Å². The van der Waals surface area contributed by atoms with Crippen LogP contribution in [0.3, 0.4) is 0 Å². The third kappa shape index (κ3) is 1.77. The van der Waals surface area contributed by atoms with Crippen molar-refractivity contribution in [3.8, 4) is 0 Å². The molecule has 0 aliphatic heterocycles. The Balaban J connectivity index is 2.47. The molecule has 0 saturated heterocycles. The minimum Gasteiger partial charge on any atom is -0.396 e. The summed E-state index contributed by atoms with van der Waals surface area (Å²) in [4.78, 5) is 3.32. The zero-order valence-corrected chi connectivity index (χ0v) is 9.30. The molecule has 0 amide bonds. The van der Waals surface area contributed by atoms with E-state index in [0.29, 0.717) is 0 Å². The normalized spacial score (nSPS) is 11.1. The molecular weight excluding hydrogens is 186 g/mol. The molecule has 2 nitrogen and oxygen atoms in total. The summed E-state index contributed by atoms with van der Waals surface area (Å²) >= 11 is 0. The maximum absolute atomic E-state index is 8.83. The van der Waals surface area contributed by atoms with Crippen molar-refractivity contribution in [2.45, 2.75) is 26.7 Å². The number of aromatic nitrogens is 1. The van der Waals surface area contributed by atoms with Crippen LogP contribution in [0, 0.1) is 13.8 Å². The highest BCUT2D eigenvalue weighted by Gasteiger charge is 2.06. The van der Waals surface area contributed by atoms with Gasteiger partial charge in [-0.2, -0.15) is 0 Å². The Hall–Kier alpha value is -1.28. The summed E-state index contributed by atoms with van der Waals surface area (Å²) in [5, 5.41) is 10.1. The second kappa shape index (κ2) is 4.07. The Morgan fingerprint density at radius 2 is 2.07 bits per heavy atom. The number of H-pyrrole nitrogens is 1. The fraction of sp³-hybridized carbons (Fsp3) is 0.385. The summed E-state index contributed by atoms with van der Waals surface area (Å²) in [7, 11) is 0. The van der Waals surface area contributed by atoms with Gasteiger partial charge in [0.15, 0.2) is 0 Å². The second-order valence-electron chi connectivity index (χ2n) is 4.07. The van der Waals surface area contributed by atoms with Crippen LogP contribution < -0.4 is 0 Å². The lowest BCUT2D eigenvalue weighted by molar-refractivity contribution is 0.289. The molecule has 1 aromatic carbocycles. The van der Waals surface area contributed by atoms with E-state index < -0.39 is 0 Å². The molecule has 0 unspecified atom stereocenters. The number of hydrogen-bond acceptors (Lipinski definition) is 1. The predicted molar refractivity (Wildman–Crippen MR) is 63.2 cm³/mol. The fourth-order valence-electron chi connectivity index (χ4n) is 1.98. The molecule has 2 N–H and O–H groups in total. The minimum atomic E-state index is 0.261. The molecule has 0 fully saturated rings. The molecule has 0 aliphatic rings. The van der Waals surface area contributed by atoms with Crippen LogP contribution in [0.5, 0.6) is 0 Å². The first-order valence-electron chi connectivity index (χ1n) is 5.41. The van der Waals surface area contributed by atoms with Crippen LogP contribution in [0.1, 0.15) is 23.1 Å². The molecule has 0 bridgehead atoms. The number of aliphatic hydroxyl groups is 1. The monoisotopic (exact) mass is 203 g/mol. The number of benzene rings is 1. The molecule has 2 rings (SSSR count).